The quantitative estimate of drug-likeness (QED) is 0.827. The highest BCUT2D eigenvalue weighted by atomic mass is 16.5. The number of rotatable bonds is 5. The number of carbonyl (C=O) groups is 1. The van der Waals surface area contributed by atoms with E-state index < -0.39 is 5.54 Å². The third-order valence-corrected chi connectivity index (χ3v) is 4.23. The summed E-state index contributed by atoms with van der Waals surface area (Å²) < 4.78 is 5.04. The maximum absolute atomic E-state index is 12.2. The largest absolute Gasteiger partial charge is 0.468 e. The Kier molecular flexibility index (Phi) is 3.76. The lowest BCUT2D eigenvalue weighted by molar-refractivity contribution is -0.148. The van der Waals surface area contributed by atoms with Gasteiger partial charge < -0.3 is 4.74 Å². The van der Waals surface area contributed by atoms with Gasteiger partial charge >= 0.3 is 5.97 Å². The minimum atomic E-state index is -0.495. The number of hydrogen-bond acceptors (Lipinski definition) is 4. The molecule has 1 atom stereocenters. The average molecular weight is 274 g/mol. The molecule has 1 unspecified atom stereocenters. The van der Waals surface area contributed by atoms with Crippen LogP contribution in [0.4, 0.5) is 0 Å². The van der Waals surface area contributed by atoms with Crippen molar-refractivity contribution in [2.24, 2.45) is 0 Å². The summed E-state index contributed by atoms with van der Waals surface area (Å²) in [5, 5.41) is 3.52. The van der Waals surface area contributed by atoms with E-state index in [1.54, 1.807) is 0 Å². The van der Waals surface area contributed by atoms with Crippen LogP contribution in [-0.2, 0) is 16.1 Å². The first-order chi connectivity index (χ1) is 9.72. The Labute approximate surface area is 120 Å². The number of nitrogens with zero attached hydrogens (tertiary/aromatic N) is 1. The Balaban J connectivity index is 1.67. The van der Waals surface area contributed by atoms with Crippen molar-refractivity contribution in [1.82, 2.24) is 10.2 Å². The van der Waals surface area contributed by atoms with Crippen molar-refractivity contribution in [3.63, 3.8) is 0 Å². The minimum Gasteiger partial charge on any atom is -0.468 e. The van der Waals surface area contributed by atoms with E-state index in [4.69, 9.17) is 4.74 Å². The van der Waals surface area contributed by atoms with Gasteiger partial charge in [0, 0.05) is 25.7 Å². The van der Waals surface area contributed by atoms with Crippen LogP contribution in [0, 0.1) is 0 Å². The first-order valence-corrected chi connectivity index (χ1v) is 7.34. The van der Waals surface area contributed by atoms with Crippen LogP contribution in [-0.4, -0.2) is 42.6 Å². The predicted octanol–water partition coefficient (Wildman–Crippen LogP) is 1.56. The zero-order valence-electron chi connectivity index (χ0n) is 12.0. The van der Waals surface area contributed by atoms with Crippen LogP contribution in [0.3, 0.4) is 0 Å². The molecule has 3 rings (SSSR count). The molecule has 0 aromatic heterocycles. The topological polar surface area (TPSA) is 41.6 Å². The van der Waals surface area contributed by atoms with Crippen LogP contribution in [0.1, 0.15) is 24.8 Å². The highest BCUT2D eigenvalue weighted by Gasteiger charge is 2.48. The van der Waals surface area contributed by atoms with Gasteiger partial charge in [-0.05, 0) is 24.8 Å². The van der Waals surface area contributed by atoms with Gasteiger partial charge in [-0.15, -0.1) is 0 Å². The Bertz CT molecular complexity index is 473. The maximum Gasteiger partial charge on any atom is 0.327 e. The van der Waals surface area contributed by atoms with Crippen molar-refractivity contribution < 1.29 is 9.53 Å². The van der Waals surface area contributed by atoms with Gasteiger partial charge in [0.25, 0.3) is 0 Å². The molecular weight excluding hydrogens is 252 g/mol. The van der Waals surface area contributed by atoms with E-state index in [0.717, 1.165) is 26.1 Å². The fourth-order valence-corrected chi connectivity index (χ4v) is 3.02. The molecule has 0 bridgehead atoms. The van der Waals surface area contributed by atoms with Gasteiger partial charge in [0.1, 0.15) is 5.54 Å². The lowest BCUT2D eigenvalue weighted by atomic mass is 9.98. The molecule has 1 aromatic carbocycles. The molecular formula is C16H22N2O2. The molecule has 108 valence electrons. The molecule has 1 saturated heterocycles. The summed E-state index contributed by atoms with van der Waals surface area (Å²) in [5.41, 5.74) is 0.796. The van der Waals surface area contributed by atoms with E-state index in [9.17, 15) is 4.79 Å². The SMILES string of the molecule is COC(=O)C1(NC2CC2)CCN(Cc2ccccc2)C1. The van der Waals surface area contributed by atoms with E-state index in [1.807, 2.05) is 6.07 Å². The molecule has 4 nitrogen and oxygen atoms in total. The van der Waals surface area contributed by atoms with Gasteiger partial charge in [-0.25, -0.2) is 0 Å². The molecule has 1 heterocycles. The number of ether oxygens (including phenoxy) is 1. The number of methoxy groups -OCH3 is 1. The summed E-state index contributed by atoms with van der Waals surface area (Å²) in [4.78, 5) is 14.5. The lowest BCUT2D eigenvalue weighted by Gasteiger charge is -2.28. The second-order valence-electron chi connectivity index (χ2n) is 5.94. The molecule has 2 aliphatic rings. The van der Waals surface area contributed by atoms with Crippen molar-refractivity contribution in [2.75, 3.05) is 20.2 Å². The summed E-state index contributed by atoms with van der Waals surface area (Å²) in [6.07, 6.45) is 3.19. The maximum atomic E-state index is 12.2. The van der Waals surface area contributed by atoms with Gasteiger partial charge in [-0.2, -0.15) is 0 Å². The van der Waals surface area contributed by atoms with Crippen molar-refractivity contribution in [1.29, 1.82) is 0 Å². The number of benzene rings is 1. The average Bonchev–Trinajstić information content (AvgIpc) is 3.19. The van der Waals surface area contributed by atoms with Crippen LogP contribution in [0.5, 0.6) is 0 Å². The molecule has 1 aliphatic heterocycles. The molecule has 1 N–H and O–H groups in total. The third kappa shape index (κ3) is 2.86. The van der Waals surface area contributed by atoms with Crippen molar-refractivity contribution in [3.8, 4) is 0 Å². The Morgan fingerprint density at radius 2 is 2.15 bits per heavy atom. The number of esters is 1. The molecule has 2 fully saturated rings. The van der Waals surface area contributed by atoms with E-state index in [-0.39, 0.29) is 5.97 Å². The summed E-state index contributed by atoms with van der Waals surface area (Å²) in [6.45, 7) is 2.57. The van der Waals surface area contributed by atoms with Gasteiger partial charge in [-0.1, -0.05) is 30.3 Å². The predicted molar refractivity (Wildman–Crippen MR) is 77.2 cm³/mol. The van der Waals surface area contributed by atoms with Gasteiger partial charge in [0.05, 0.1) is 7.11 Å². The molecule has 1 aliphatic carbocycles. The first-order valence-electron chi connectivity index (χ1n) is 7.34. The molecule has 1 aromatic rings. The van der Waals surface area contributed by atoms with E-state index >= 15 is 0 Å². The normalized spacial score (nSPS) is 26.6. The smallest absolute Gasteiger partial charge is 0.327 e. The highest BCUT2D eigenvalue weighted by molar-refractivity contribution is 5.81. The van der Waals surface area contributed by atoms with Gasteiger partial charge in [0.15, 0.2) is 0 Å². The van der Waals surface area contributed by atoms with Gasteiger partial charge in [0.2, 0.25) is 0 Å². The monoisotopic (exact) mass is 274 g/mol. The summed E-state index contributed by atoms with van der Waals surface area (Å²) in [5.74, 6) is -0.111. The third-order valence-electron chi connectivity index (χ3n) is 4.23. The second kappa shape index (κ2) is 5.54. The zero-order valence-corrected chi connectivity index (χ0v) is 12.0. The number of hydrogen-bond donors (Lipinski definition) is 1. The fourth-order valence-electron chi connectivity index (χ4n) is 3.02. The van der Waals surface area contributed by atoms with Crippen LogP contribution >= 0.6 is 0 Å². The van der Waals surface area contributed by atoms with Crippen LogP contribution in [0.15, 0.2) is 30.3 Å². The molecule has 0 amide bonds. The summed E-state index contributed by atoms with van der Waals surface area (Å²) in [7, 11) is 1.48. The summed E-state index contributed by atoms with van der Waals surface area (Å²) >= 11 is 0. The van der Waals surface area contributed by atoms with Crippen LogP contribution in [0.25, 0.3) is 0 Å². The van der Waals surface area contributed by atoms with E-state index in [2.05, 4.69) is 34.5 Å². The number of carbonyl (C=O) groups excluding carboxylic acids is 1. The van der Waals surface area contributed by atoms with Crippen LogP contribution < -0.4 is 5.32 Å². The molecule has 20 heavy (non-hydrogen) atoms. The lowest BCUT2D eigenvalue weighted by Crippen LogP contribution is -2.55. The first kappa shape index (κ1) is 13.6. The number of likely N-dealkylation sites (tertiary alicyclic amines) is 1. The van der Waals surface area contributed by atoms with Crippen LogP contribution in [0.2, 0.25) is 0 Å². The van der Waals surface area contributed by atoms with Crippen molar-refractivity contribution in [2.45, 2.75) is 37.4 Å². The highest BCUT2D eigenvalue weighted by Crippen LogP contribution is 2.30. The minimum absolute atomic E-state index is 0.111. The second-order valence-corrected chi connectivity index (χ2v) is 5.94. The van der Waals surface area contributed by atoms with Crippen molar-refractivity contribution >= 4 is 5.97 Å². The molecule has 4 heteroatoms. The molecule has 0 radical (unpaired) electrons. The summed E-state index contributed by atoms with van der Waals surface area (Å²) in [6, 6.07) is 10.9. The zero-order chi connectivity index (χ0) is 14.0. The molecule has 0 spiro atoms. The van der Waals surface area contributed by atoms with Gasteiger partial charge in [-0.3, -0.25) is 15.0 Å². The Morgan fingerprint density at radius 3 is 2.80 bits per heavy atom. The standard InChI is InChI=1S/C16H22N2O2/c1-20-15(19)16(17-14-7-8-14)9-10-18(12-16)11-13-5-3-2-4-6-13/h2-6,14,17H,7-12H2,1H3. The number of nitrogens with one attached hydrogen (secondary N) is 1. The fraction of sp³-hybridized carbons (Fsp3) is 0.562. The van der Waals surface area contributed by atoms with E-state index in [0.29, 0.717) is 6.04 Å². The van der Waals surface area contributed by atoms with Crippen molar-refractivity contribution in [3.05, 3.63) is 35.9 Å². The van der Waals surface area contributed by atoms with E-state index in [1.165, 1.54) is 25.5 Å². The Hall–Kier alpha value is -1.39. The molecule has 1 saturated carbocycles. The Morgan fingerprint density at radius 1 is 1.40 bits per heavy atom.